The largest absolute Gasteiger partial charge is 0.496 e. The van der Waals surface area contributed by atoms with E-state index in [2.05, 4.69) is 10.2 Å². The van der Waals surface area contributed by atoms with E-state index in [1.807, 2.05) is 26.8 Å². The van der Waals surface area contributed by atoms with Crippen molar-refractivity contribution in [1.29, 1.82) is 0 Å². The van der Waals surface area contributed by atoms with Crippen LogP contribution in [0.15, 0.2) is 34.6 Å². The molecule has 106 valence electrons. The zero-order valence-corrected chi connectivity index (χ0v) is 12.0. The number of carboxylic acid groups (broad SMARTS) is 1. The second-order valence-electron chi connectivity index (χ2n) is 5.18. The van der Waals surface area contributed by atoms with Crippen LogP contribution in [0.5, 0.6) is 5.75 Å². The summed E-state index contributed by atoms with van der Waals surface area (Å²) in [6.45, 7) is 6.01. The van der Waals surface area contributed by atoms with Gasteiger partial charge in [-0.1, -0.05) is 13.8 Å². The van der Waals surface area contributed by atoms with Crippen LogP contribution >= 0.6 is 0 Å². The number of nitrogens with zero attached hydrogens (tertiary/aromatic N) is 2. The first kappa shape index (κ1) is 14.2. The monoisotopic (exact) mass is 274 g/mol. The van der Waals surface area contributed by atoms with E-state index >= 15 is 0 Å². The molecule has 5 heteroatoms. The Labute approximate surface area is 118 Å². The standard InChI is InChI=1S/C15H18N2O3/c1-9(2)15(5-6-16-17-15)12-8-11(14(18)19)13(20-4)7-10(12)3/h5-9H,1-4H3,(H,18,19). The van der Waals surface area contributed by atoms with Crippen LogP contribution in [0.3, 0.4) is 0 Å². The Bertz CT molecular complexity index is 591. The highest BCUT2D eigenvalue weighted by molar-refractivity contribution is 5.91. The van der Waals surface area contributed by atoms with Gasteiger partial charge in [-0.05, 0) is 42.2 Å². The number of benzene rings is 1. The molecule has 0 aromatic heterocycles. The minimum atomic E-state index is -1.01. The highest BCUT2D eigenvalue weighted by Crippen LogP contribution is 2.42. The summed E-state index contributed by atoms with van der Waals surface area (Å²) in [7, 11) is 1.47. The Balaban J connectivity index is 2.68. The number of azo groups is 1. The molecule has 2 rings (SSSR count). The van der Waals surface area contributed by atoms with E-state index in [9.17, 15) is 9.90 Å². The fourth-order valence-electron chi connectivity index (χ4n) is 2.52. The second-order valence-corrected chi connectivity index (χ2v) is 5.18. The van der Waals surface area contributed by atoms with E-state index in [1.165, 1.54) is 7.11 Å². The zero-order valence-electron chi connectivity index (χ0n) is 12.0. The third-order valence-electron chi connectivity index (χ3n) is 3.71. The number of ether oxygens (including phenoxy) is 1. The molecular formula is C15H18N2O3. The Kier molecular flexibility index (Phi) is 3.61. The number of hydrogen-bond acceptors (Lipinski definition) is 4. The molecule has 1 aliphatic rings. The number of rotatable bonds is 4. The predicted octanol–water partition coefficient (Wildman–Crippen LogP) is 3.53. The molecule has 1 atom stereocenters. The molecule has 0 fully saturated rings. The first-order chi connectivity index (χ1) is 9.42. The molecule has 0 spiro atoms. The Morgan fingerprint density at radius 1 is 1.40 bits per heavy atom. The van der Waals surface area contributed by atoms with Gasteiger partial charge in [0.2, 0.25) is 0 Å². The van der Waals surface area contributed by atoms with E-state index in [1.54, 1.807) is 18.3 Å². The summed E-state index contributed by atoms with van der Waals surface area (Å²) in [5.74, 6) is -0.490. The van der Waals surface area contributed by atoms with E-state index in [-0.39, 0.29) is 11.5 Å². The van der Waals surface area contributed by atoms with Crippen molar-refractivity contribution in [2.24, 2.45) is 16.1 Å². The lowest BCUT2D eigenvalue weighted by Crippen LogP contribution is -2.27. The summed E-state index contributed by atoms with van der Waals surface area (Å²) in [6.07, 6.45) is 3.57. The van der Waals surface area contributed by atoms with Crippen molar-refractivity contribution in [3.8, 4) is 5.75 Å². The highest BCUT2D eigenvalue weighted by atomic mass is 16.5. The molecular weight excluding hydrogens is 256 g/mol. The molecule has 0 aliphatic carbocycles. The van der Waals surface area contributed by atoms with Crippen molar-refractivity contribution in [2.45, 2.75) is 26.3 Å². The number of hydrogen-bond donors (Lipinski definition) is 1. The zero-order chi connectivity index (χ0) is 14.9. The molecule has 1 aromatic carbocycles. The predicted molar refractivity (Wildman–Crippen MR) is 75.2 cm³/mol. The summed E-state index contributed by atoms with van der Waals surface area (Å²) in [4.78, 5) is 11.4. The van der Waals surface area contributed by atoms with Gasteiger partial charge in [0.05, 0.1) is 7.11 Å². The van der Waals surface area contributed by atoms with E-state index < -0.39 is 11.5 Å². The number of carboxylic acids is 1. The first-order valence-electron chi connectivity index (χ1n) is 6.44. The summed E-state index contributed by atoms with van der Waals surface area (Å²) in [6, 6.07) is 3.38. The quantitative estimate of drug-likeness (QED) is 0.912. The molecule has 1 unspecified atom stereocenters. The number of carbonyl (C=O) groups is 1. The third kappa shape index (κ3) is 2.09. The first-order valence-corrected chi connectivity index (χ1v) is 6.44. The minimum Gasteiger partial charge on any atom is -0.496 e. The maximum Gasteiger partial charge on any atom is 0.339 e. The van der Waals surface area contributed by atoms with Crippen LogP contribution in [0.1, 0.15) is 35.3 Å². The number of methoxy groups -OCH3 is 1. The normalized spacial score (nSPS) is 20.6. The van der Waals surface area contributed by atoms with Crippen LogP contribution < -0.4 is 4.74 Å². The number of aromatic carboxylic acids is 1. The summed E-state index contributed by atoms with van der Waals surface area (Å²) in [5, 5.41) is 17.6. The second kappa shape index (κ2) is 5.07. The highest BCUT2D eigenvalue weighted by Gasteiger charge is 2.37. The SMILES string of the molecule is COc1cc(C)c(C2(C(C)C)C=CN=N2)cc1C(=O)O. The molecule has 0 bridgehead atoms. The van der Waals surface area contributed by atoms with Crippen molar-refractivity contribution in [2.75, 3.05) is 7.11 Å². The van der Waals surface area contributed by atoms with Gasteiger partial charge in [-0.15, -0.1) is 0 Å². The lowest BCUT2D eigenvalue weighted by molar-refractivity contribution is 0.0693. The third-order valence-corrected chi connectivity index (χ3v) is 3.71. The van der Waals surface area contributed by atoms with Gasteiger partial charge in [0, 0.05) is 6.20 Å². The van der Waals surface area contributed by atoms with Crippen molar-refractivity contribution in [3.63, 3.8) is 0 Å². The summed E-state index contributed by atoms with van der Waals surface area (Å²) >= 11 is 0. The van der Waals surface area contributed by atoms with E-state index in [0.29, 0.717) is 5.75 Å². The minimum absolute atomic E-state index is 0.142. The van der Waals surface area contributed by atoms with Gasteiger partial charge in [0.1, 0.15) is 16.9 Å². The topological polar surface area (TPSA) is 71.2 Å². The molecule has 5 nitrogen and oxygen atoms in total. The maximum absolute atomic E-state index is 11.4. The molecule has 20 heavy (non-hydrogen) atoms. The molecule has 0 radical (unpaired) electrons. The average molecular weight is 274 g/mol. The molecule has 0 amide bonds. The van der Waals surface area contributed by atoms with Crippen LogP contribution in [0.4, 0.5) is 0 Å². The van der Waals surface area contributed by atoms with Crippen LogP contribution in [0, 0.1) is 12.8 Å². The number of aryl methyl sites for hydroxylation is 1. The average Bonchev–Trinajstić information content (AvgIpc) is 2.88. The Morgan fingerprint density at radius 3 is 2.55 bits per heavy atom. The maximum atomic E-state index is 11.4. The van der Waals surface area contributed by atoms with Gasteiger partial charge >= 0.3 is 5.97 Å². The lowest BCUT2D eigenvalue weighted by Gasteiger charge is -2.29. The van der Waals surface area contributed by atoms with Gasteiger partial charge in [0.25, 0.3) is 0 Å². The molecule has 1 N–H and O–H groups in total. The molecule has 1 aliphatic heterocycles. The van der Waals surface area contributed by atoms with Crippen molar-refractivity contribution in [3.05, 3.63) is 41.1 Å². The van der Waals surface area contributed by atoms with Gasteiger partial charge < -0.3 is 9.84 Å². The summed E-state index contributed by atoms with van der Waals surface area (Å²) in [5.41, 5.74) is 1.33. The van der Waals surface area contributed by atoms with Crippen molar-refractivity contribution >= 4 is 5.97 Å². The van der Waals surface area contributed by atoms with Crippen LogP contribution in [0.2, 0.25) is 0 Å². The van der Waals surface area contributed by atoms with Gasteiger partial charge in [0.15, 0.2) is 0 Å². The van der Waals surface area contributed by atoms with Gasteiger partial charge in [-0.25, -0.2) is 4.79 Å². The Hall–Kier alpha value is -2.17. The van der Waals surface area contributed by atoms with Crippen molar-refractivity contribution < 1.29 is 14.6 Å². The van der Waals surface area contributed by atoms with Crippen molar-refractivity contribution in [1.82, 2.24) is 0 Å². The lowest BCUT2D eigenvalue weighted by atomic mass is 9.78. The molecule has 1 heterocycles. The summed E-state index contributed by atoms with van der Waals surface area (Å²) < 4.78 is 5.15. The fraction of sp³-hybridized carbons (Fsp3) is 0.400. The smallest absolute Gasteiger partial charge is 0.339 e. The van der Waals surface area contributed by atoms with Gasteiger partial charge in [-0.3, -0.25) is 0 Å². The Morgan fingerprint density at radius 2 is 2.10 bits per heavy atom. The van der Waals surface area contributed by atoms with Crippen LogP contribution in [-0.4, -0.2) is 18.2 Å². The molecule has 0 saturated heterocycles. The van der Waals surface area contributed by atoms with Crippen LogP contribution in [0.25, 0.3) is 0 Å². The van der Waals surface area contributed by atoms with E-state index in [0.717, 1.165) is 11.1 Å². The van der Waals surface area contributed by atoms with Crippen LogP contribution in [-0.2, 0) is 5.54 Å². The van der Waals surface area contributed by atoms with E-state index in [4.69, 9.17) is 4.74 Å². The van der Waals surface area contributed by atoms with Gasteiger partial charge in [-0.2, -0.15) is 10.2 Å². The molecule has 1 aromatic rings. The molecule has 0 saturated carbocycles. The fourth-order valence-corrected chi connectivity index (χ4v) is 2.52.